The lowest BCUT2D eigenvalue weighted by Crippen LogP contribution is -2.18. The molecule has 4 nitrogen and oxygen atoms in total. The van der Waals surface area contributed by atoms with Crippen LogP contribution in [0.1, 0.15) is 17.7 Å². The van der Waals surface area contributed by atoms with E-state index in [9.17, 15) is 8.42 Å². The molecule has 0 atom stereocenters. The van der Waals surface area contributed by atoms with E-state index in [-0.39, 0.29) is 0 Å². The van der Waals surface area contributed by atoms with Crippen molar-refractivity contribution in [2.45, 2.75) is 24.0 Å². The molecule has 22 heavy (non-hydrogen) atoms. The number of hydrogen-bond donors (Lipinski definition) is 1. The van der Waals surface area contributed by atoms with Crippen LogP contribution >= 0.6 is 22.9 Å². The highest BCUT2D eigenvalue weighted by atomic mass is 35.5. The first-order valence-electron chi connectivity index (χ1n) is 7.09. The molecule has 0 amide bonds. The molecule has 118 valence electrons. The molecule has 0 spiro atoms. The molecule has 1 fully saturated rings. The Hall–Kier alpha value is -1.24. The van der Waals surface area contributed by atoms with E-state index in [0.717, 1.165) is 36.5 Å². The Morgan fingerprint density at radius 3 is 2.55 bits per heavy atom. The minimum atomic E-state index is -3.59. The zero-order valence-corrected chi connectivity index (χ0v) is 14.6. The molecular formula is C15H17ClN2O2S2. The van der Waals surface area contributed by atoms with Gasteiger partial charge in [-0.05, 0) is 50.1 Å². The quantitative estimate of drug-likeness (QED) is 0.896. The molecular weight excluding hydrogens is 340 g/mol. The summed E-state index contributed by atoms with van der Waals surface area (Å²) in [5.41, 5.74) is 1.43. The maximum Gasteiger partial charge on any atom is 0.271 e. The van der Waals surface area contributed by atoms with Crippen LogP contribution in [0.5, 0.6) is 0 Å². The maximum atomic E-state index is 12.4. The lowest BCUT2D eigenvalue weighted by atomic mass is 10.2. The van der Waals surface area contributed by atoms with Crippen LogP contribution in [0.15, 0.2) is 34.5 Å². The van der Waals surface area contributed by atoms with Gasteiger partial charge >= 0.3 is 0 Å². The third-order valence-corrected chi connectivity index (χ3v) is 6.83. The van der Waals surface area contributed by atoms with E-state index in [1.807, 2.05) is 19.1 Å². The first-order chi connectivity index (χ1) is 10.5. The topological polar surface area (TPSA) is 49.4 Å². The van der Waals surface area contributed by atoms with Gasteiger partial charge in [0.05, 0.1) is 10.7 Å². The van der Waals surface area contributed by atoms with Gasteiger partial charge in [0.15, 0.2) is 0 Å². The summed E-state index contributed by atoms with van der Waals surface area (Å²) in [5, 5.41) is 0.403. The predicted octanol–water partition coefficient (Wildman–Crippen LogP) is 4.11. The fourth-order valence-electron chi connectivity index (χ4n) is 2.52. The molecule has 1 N–H and O–H groups in total. The first-order valence-corrected chi connectivity index (χ1v) is 9.77. The van der Waals surface area contributed by atoms with E-state index in [0.29, 0.717) is 14.9 Å². The second-order valence-electron chi connectivity index (χ2n) is 5.33. The minimum absolute atomic E-state index is 0.299. The van der Waals surface area contributed by atoms with Crippen molar-refractivity contribution < 1.29 is 8.42 Å². The van der Waals surface area contributed by atoms with E-state index in [1.165, 1.54) is 11.3 Å². The van der Waals surface area contributed by atoms with Crippen LogP contribution in [0.3, 0.4) is 0 Å². The van der Waals surface area contributed by atoms with Gasteiger partial charge in [0.1, 0.15) is 4.21 Å². The van der Waals surface area contributed by atoms with Crippen molar-refractivity contribution in [3.8, 4) is 0 Å². The Bertz CT molecular complexity index is 781. The highest BCUT2D eigenvalue weighted by Gasteiger charge is 2.19. The predicted molar refractivity (Wildman–Crippen MR) is 92.8 cm³/mol. The summed E-state index contributed by atoms with van der Waals surface area (Å²) in [6.07, 6.45) is 2.33. The Kier molecular flexibility index (Phi) is 4.34. The van der Waals surface area contributed by atoms with Crippen LogP contribution in [0, 0.1) is 6.92 Å². The second-order valence-corrected chi connectivity index (χ2v) is 8.93. The van der Waals surface area contributed by atoms with Crippen LogP contribution in [0.4, 0.5) is 11.4 Å². The molecule has 2 heterocycles. The van der Waals surface area contributed by atoms with Crippen LogP contribution in [0.2, 0.25) is 5.02 Å². The second kappa shape index (κ2) is 6.10. The van der Waals surface area contributed by atoms with Crippen molar-refractivity contribution >= 4 is 44.3 Å². The minimum Gasteiger partial charge on any atom is -0.371 e. The molecule has 1 saturated heterocycles. The van der Waals surface area contributed by atoms with E-state index in [2.05, 4.69) is 9.62 Å². The fourth-order valence-corrected chi connectivity index (χ4v) is 5.09. The average Bonchev–Trinajstić information content (AvgIpc) is 3.12. The van der Waals surface area contributed by atoms with Crippen LogP contribution in [0.25, 0.3) is 0 Å². The third kappa shape index (κ3) is 3.24. The molecule has 1 aliphatic heterocycles. The van der Waals surface area contributed by atoms with Gasteiger partial charge in [0.25, 0.3) is 10.0 Å². The zero-order chi connectivity index (χ0) is 15.7. The summed E-state index contributed by atoms with van der Waals surface area (Å²) >= 11 is 7.40. The Balaban J connectivity index is 1.89. The first kappa shape index (κ1) is 15.6. The summed E-state index contributed by atoms with van der Waals surface area (Å²) in [6.45, 7) is 3.88. The number of sulfonamides is 1. The largest absolute Gasteiger partial charge is 0.371 e. The average molecular weight is 357 g/mol. The van der Waals surface area contributed by atoms with Gasteiger partial charge in [0.2, 0.25) is 0 Å². The zero-order valence-electron chi connectivity index (χ0n) is 12.2. The van der Waals surface area contributed by atoms with E-state index in [1.54, 1.807) is 18.2 Å². The molecule has 1 aromatic heterocycles. The molecule has 7 heteroatoms. The summed E-state index contributed by atoms with van der Waals surface area (Å²) in [5.74, 6) is 0. The van der Waals surface area contributed by atoms with Crippen molar-refractivity contribution in [1.29, 1.82) is 0 Å². The molecule has 3 rings (SSSR count). The Morgan fingerprint density at radius 1 is 1.18 bits per heavy atom. The van der Waals surface area contributed by atoms with E-state index in [4.69, 9.17) is 11.6 Å². The number of anilines is 2. The number of hydrogen-bond acceptors (Lipinski definition) is 4. The molecule has 1 aromatic carbocycles. The van der Waals surface area contributed by atoms with Gasteiger partial charge in [-0.2, -0.15) is 0 Å². The molecule has 0 bridgehead atoms. The van der Waals surface area contributed by atoms with Gasteiger partial charge in [-0.15, -0.1) is 11.3 Å². The van der Waals surface area contributed by atoms with E-state index < -0.39 is 10.0 Å². The normalized spacial score (nSPS) is 15.3. The van der Waals surface area contributed by atoms with E-state index >= 15 is 0 Å². The van der Waals surface area contributed by atoms with Gasteiger partial charge < -0.3 is 4.90 Å². The maximum absolute atomic E-state index is 12.4. The number of thiophene rings is 1. The Morgan fingerprint density at radius 2 is 1.91 bits per heavy atom. The number of benzene rings is 1. The number of halogens is 1. The lowest BCUT2D eigenvalue weighted by molar-refractivity contribution is 0.603. The van der Waals surface area contributed by atoms with Gasteiger partial charge in [0, 0.05) is 23.7 Å². The van der Waals surface area contributed by atoms with Gasteiger partial charge in [-0.25, -0.2) is 8.42 Å². The molecule has 0 saturated carbocycles. The number of rotatable bonds is 4. The smallest absolute Gasteiger partial charge is 0.271 e. The molecule has 2 aromatic rings. The summed E-state index contributed by atoms with van der Waals surface area (Å²) in [6, 6.07) is 8.89. The molecule has 1 aliphatic rings. The fraction of sp³-hybridized carbons (Fsp3) is 0.333. The number of aryl methyl sites for hydroxylation is 1. The van der Waals surface area contributed by atoms with Crippen molar-refractivity contribution in [1.82, 2.24) is 0 Å². The number of nitrogens with one attached hydrogen (secondary N) is 1. The highest BCUT2D eigenvalue weighted by Crippen LogP contribution is 2.32. The van der Waals surface area contributed by atoms with Crippen molar-refractivity contribution in [2.24, 2.45) is 0 Å². The van der Waals surface area contributed by atoms with Crippen LogP contribution in [-0.4, -0.2) is 21.5 Å². The van der Waals surface area contributed by atoms with Crippen molar-refractivity contribution in [3.63, 3.8) is 0 Å². The molecule has 0 aliphatic carbocycles. The standard InChI is InChI=1S/C15H17ClN2O2S2/c1-11-4-7-15(21-11)22(19,20)17-14-10-12(5-6-13(14)16)18-8-2-3-9-18/h4-7,10,17H,2-3,8-9H2,1H3. The Labute approximate surface area is 139 Å². The third-order valence-electron chi connectivity index (χ3n) is 3.65. The number of nitrogens with zero attached hydrogens (tertiary/aromatic N) is 1. The van der Waals surface area contributed by atoms with Crippen molar-refractivity contribution in [3.05, 3.63) is 40.2 Å². The van der Waals surface area contributed by atoms with Gasteiger partial charge in [-0.1, -0.05) is 11.6 Å². The monoisotopic (exact) mass is 356 g/mol. The highest BCUT2D eigenvalue weighted by molar-refractivity contribution is 7.94. The molecule has 0 unspecified atom stereocenters. The summed E-state index contributed by atoms with van der Waals surface area (Å²) in [7, 11) is -3.59. The molecule has 0 radical (unpaired) electrons. The lowest BCUT2D eigenvalue weighted by Gasteiger charge is -2.19. The summed E-state index contributed by atoms with van der Waals surface area (Å²) in [4.78, 5) is 3.20. The summed E-state index contributed by atoms with van der Waals surface area (Å²) < 4.78 is 27.8. The van der Waals surface area contributed by atoms with Crippen LogP contribution in [-0.2, 0) is 10.0 Å². The van der Waals surface area contributed by atoms with Gasteiger partial charge in [-0.3, -0.25) is 4.72 Å². The van der Waals surface area contributed by atoms with Crippen molar-refractivity contribution in [2.75, 3.05) is 22.7 Å². The van der Waals surface area contributed by atoms with Crippen LogP contribution < -0.4 is 9.62 Å². The SMILES string of the molecule is Cc1ccc(S(=O)(=O)Nc2cc(N3CCCC3)ccc2Cl)s1.